The minimum atomic E-state index is -0.396. The minimum absolute atomic E-state index is 0.167. The maximum atomic E-state index is 13.5. The van der Waals surface area contributed by atoms with E-state index in [9.17, 15) is 8.78 Å². The Morgan fingerprint density at radius 1 is 1.29 bits per heavy atom. The van der Waals surface area contributed by atoms with Gasteiger partial charge in [0.05, 0.1) is 0 Å². The van der Waals surface area contributed by atoms with Crippen molar-refractivity contribution < 1.29 is 8.78 Å². The van der Waals surface area contributed by atoms with Crippen molar-refractivity contribution in [1.82, 2.24) is 5.32 Å². The zero-order chi connectivity index (χ0) is 12.8. The van der Waals surface area contributed by atoms with Crippen molar-refractivity contribution in [1.29, 1.82) is 0 Å². The summed E-state index contributed by atoms with van der Waals surface area (Å²) in [6.45, 7) is 4.81. The fourth-order valence-corrected chi connectivity index (χ4v) is 1.93. The van der Waals surface area contributed by atoms with Crippen LogP contribution in [0.2, 0.25) is 0 Å². The monoisotopic (exact) mass is 259 g/mol. The third kappa shape index (κ3) is 4.64. The minimum Gasteiger partial charge on any atom is -0.310 e. The Morgan fingerprint density at radius 2 is 2.00 bits per heavy atom. The van der Waals surface area contributed by atoms with Crippen molar-refractivity contribution in [2.45, 2.75) is 31.6 Å². The lowest BCUT2D eigenvalue weighted by atomic mass is 10.1. The Labute approximate surface area is 106 Å². The Morgan fingerprint density at radius 3 is 2.65 bits per heavy atom. The van der Waals surface area contributed by atoms with Crippen molar-refractivity contribution in [3.05, 3.63) is 35.4 Å². The van der Waals surface area contributed by atoms with Gasteiger partial charge in [-0.05, 0) is 44.3 Å². The molecule has 0 bridgehead atoms. The van der Waals surface area contributed by atoms with Crippen LogP contribution in [0.15, 0.2) is 18.2 Å². The number of rotatable bonds is 6. The van der Waals surface area contributed by atoms with Crippen LogP contribution < -0.4 is 5.32 Å². The Hall–Kier alpha value is -0.610. The van der Waals surface area contributed by atoms with Gasteiger partial charge in [0.25, 0.3) is 0 Å². The first-order valence-electron chi connectivity index (χ1n) is 5.75. The van der Waals surface area contributed by atoms with Gasteiger partial charge in [0.2, 0.25) is 0 Å². The zero-order valence-electron chi connectivity index (χ0n) is 10.5. The van der Waals surface area contributed by atoms with Crippen LogP contribution in [0.3, 0.4) is 0 Å². The van der Waals surface area contributed by atoms with Crippen LogP contribution in [-0.4, -0.2) is 18.1 Å². The molecule has 1 aromatic rings. The molecule has 0 aliphatic heterocycles. The summed E-state index contributed by atoms with van der Waals surface area (Å²) in [6.07, 6.45) is 3.09. The van der Waals surface area contributed by atoms with E-state index in [2.05, 4.69) is 18.5 Å². The topological polar surface area (TPSA) is 12.0 Å². The van der Waals surface area contributed by atoms with Crippen LogP contribution in [0, 0.1) is 11.6 Å². The van der Waals surface area contributed by atoms with E-state index < -0.39 is 5.82 Å². The zero-order valence-corrected chi connectivity index (χ0v) is 11.3. The first-order chi connectivity index (χ1) is 8.04. The molecule has 0 aliphatic carbocycles. The standard InChI is InChI=1S/C13H19F2NS/c1-9(17-3)6-7-16-10(2)12-8-11(14)4-5-13(12)15/h4-5,8-10,16H,6-7H2,1-3H3. The van der Waals surface area contributed by atoms with E-state index in [4.69, 9.17) is 0 Å². The second kappa shape index (κ2) is 6.97. The van der Waals surface area contributed by atoms with Gasteiger partial charge >= 0.3 is 0 Å². The molecule has 0 saturated heterocycles. The van der Waals surface area contributed by atoms with Gasteiger partial charge in [-0.25, -0.2) is 8.78 Å². The number of thioether (sulfide) groups is 1. The van der Waals surface area contributed by atoms with Crippen molar-refractivity contribution in [2.75, 3.05) is 12.8 Å². The average Bonchev–Trinajstić information content (AvgIpc) is 2.31. The highest BCUT2D eigenvalue weighted by Gasteiger charge is 2.11. The van der Waals surface area contributed by atoms with Crippen molar-refractivity contribution in [2.24, 2.45) is 0 Å². The molecule has 0 spiro atoms. The van der Waals surface area contributed by atoms with E-state index in [0.29, 0.717) is 10.8 Å². The van der Waals surface area contributed by atoms with E-state index >= 15 is 0 Å². The molecule has 0 radical (unpaired) electrons. The summed E-state index contributed by atoms with van der Waals surface area (Å²) in [5.41, 5.74) is 0.391. The maximum absolute atomic E-state index is 13.5. The van der Waals surface area contributed by atoms with Crippen molar-refractivity contribution in [3.8, 4) is 0 Å². The van der Waals surface area contributed by atoms with E-state index in [-0.39, 0.29) is 11.9 Å². The molecule has 0 saturated carbocycles. The second-order valence-corrected chi connectivity index (χ2v) is 5.45. The first kappa shape index (κ1) is 14.5. The molecule has 0 amide bonds. The van der Waals surface area contributed by atoms with Gasteiger partial charge in [0.1, 0.15) is 11.6 Å². The number of hydrogen-bond donors (Lipinski definition) is 1. The molecule has 0 aromatic heterocycles. The molecular weight excluding hydrogens is 240 g/mol. The van der Waals surface area contributed by atoms with Crippen LogP contribution in [-0.2, 0) is 0 Å². The van der Waals surface area contributed by atoms with E-state index in [1.165, 1.54) is 12.1 Å². The van der Waals surface area contributed by atoms with Gasteiger partial charge in [-0.1, -0.05) is 6.92 Å². The van der Waals surface area contributed by atoms with Gasteiger partial charge < -0.3 is 5.32 Å². The summed E-state index contributed by atoms with van der Waals surface area (Å²) in [6, 6.07) is 3.40. The summed E-state index contributed by atoms with van der Waals surface area (Å²) in [7, 11) is 0. The molecule has 1 N–H and O–H groups in total. The highest BCUT2D eigenvalue weighted by atomic mass is 32.2. The summed E-state index contributed by atoms with van der Waals surface area (Å²) in [5.74, 6) is -0.753. The first-order valence-corrected chi connectivity index (χ1v) is 7.04. The molecule has 0 aliphatic rings. The predicted octanol–water partition coefficient (Wildman–Crippen LogP) is 3.76. The maximum Gasteiger partial charge on any atom is 0.128 e. The van der Waals surface area contributed by atoms with Gasteiger partial charge in [-0.15, -0.1) is 0 Å². The van der Waals surface area contributed by atoms with E-state index in [0.717, 1.165) is 19.0 Å². The number of hydrogen-bond acceptors (Lipinski definition) is 2. The van der Waals surface area contributed by atoms with Gasteiger partial charge in [0, 0.05) is 16.9 Å². The molecule has 0 heterocycles. The quantitative estimate of drug-likeness (QED) is 0.835. The molecule has 0 fully saturated rings. The second-order valence-electron chi connectivity index (χ2n) is 4.18. The number of nitrogens with one attached hydrogen (secondary N) is 1. The molecule has 1 aromatic carbocycles. The lowest BCUT2D eigenvalue weighted by molar-refractivity contribution is 0.513. The predicted molar refractivity (Wildman–Crippen MR) is 70.4 cm³/mol. The SMILES string of the molecule is CSC(C)CCNC(C)c1cc(F)ccc1F. The van der Waals surface area contributed by atoms with Crippen molar-refractivity contribution >= 4 is 11.8 Å². The summed E-state index contributed by atoms with van der Waals surface area (Å²) in [5, 5.41) is 3.79. The van der Waals surface area contributed by atoms with Crippen LogP contribution >= 0.6 is 11.8 Å². The normalized spacial score (nSPS) is 14.6. The molecule has 96 valence electrons. The third-order valence-corrected chi connectivity index (χ3v) is 3.87. The fraction of sp³-hybridized carbons (Fsp3) is 0.538. The third-order valence-electron chi connectivity index (χ3n) is 2.83. The Kier molecular flexibility index (Phi) is 5.92. The van der Waals surface area contributed by atoms with E-state index in [1.54, 1.807) is 11.8 Å². The van der Waals surface area contributed by atoms with Crippen LogP contribution in [0.5, 0.6) is 0 Å². The fourth-order valence-electron chi connectivity index (χ4n) is 1.58. The summed E-state index contributed by atoms with van der Waals surface area (Å²) < 4.78 is 26.5. The van der Waals surface area contributed by atoms with Crippen LogP contribution in [0.25, 0.3) is 0 Å². The van der Waals surface area contributed by atoms with Crippen molar-refractivity contribution in [3.63, 3.8) is 0 Å². The molecular formula is C13H19F2NS. The molecule has 1 rings (SSSR count). The van der Waals surface area contributed by atoms with E-state index in [1.807, 2.05) is 6.92 Å². The summed E-state index contributed by atoms with van der Waals surface area (Å²) in [4.78, 5) is 0. The summed E-state index contributed by atoms with van der Waals surface area (Å²) >= 11 is 1.80. The highest BCUT2D eigenvalue weighted by Crippen LogP contribution is 2.18. The Balaban J connectivity index is 2.52. The van der Waals surface area contributed by atoms with Crippen LogP contribution in [0.1, 0.15) is 31.9 Å². The molecule has 2 unspecified atom stereocenters. The molecule has 17 heavy (non-hydrogen) atoms. The largest absolute Gasteiger partial charge is 0.310 e. The lowest BCUT2D eigenvalue weighted by Gasteiger charge is -2.16. The molecule has 4 heteroatoms. The van der Waals surface area contributed by atoms with Gasteiger partial charge in [0.15, 0.2) is 0 Å². The molecule has 2 atom stereocenters. The lowest BCUT2D eigenvalue weighted by Crippen LogP contribution is -2.22. The number of benzene rings is 1. The number of halogens is 2. The van der Waals surface area contributed by atoms with Crippen LogP contribution in [0.4, 0.5) is 8.78 Å². The van der Waals surface area contributed by atoms with Gasteiger partial charge in [-0.3, -0.25) is 0 Å². The Bertz CT molecular complexity index is 357. The smallest absolute Gasteiger partial charge is 0.128 e. The molecule has 1 nitrogen and oxygen atoms in total. The highest BCUT2D eigenvalue weighted by molar-refractivity contribution is 7.99. The average molecular weight is 259 g/mol. The van der Waals surface area contributed by atoms with Gasteiger partial charge in [-0.2, -0.15) is 11.8 Å².